The molecule has 1 unspecified atom stereocenters. The average Bonchev–Trinajstić information content (AvgIpc) is 2.64. The van der Waals surface area contributed by atoms with E-state index in [2.05, 4.69) is 6.92 Å². The molecule has 1 aliphatic rings. The van der Waals surface area contributed by atoms with Gasteiger partial charge in [0.25, 0.3) is 0 Å². The van der Waals surface area contributed by atoms with Crippen LogP contribution < -0.4 is 0 Å². The Labute approximate surface area is 96.3 Å². The zero-order valence-electron chi connectivity index (χ0n) is 9.87. The fraction of sp³-hybridized carbons (Fsp3) is 0.833. The Morgan fingerprint density at radius 3 is 2.75 bits per heavy atom. The Hall–Kier alpha value is -1.06. The molecule has 1 aliphatic heterocycles. The molecule has 1 heterocycles. The molecule has 0 aromatic rings. The molecule has 0 bridgehead atoms. The maximum atomic E-state index is 11.3. The van der Waals surface area contributed by atoms with Crippen LogP contribution in [0.5, 0.6) is 0 Å². The minimum atomic E-state index is -0.650. The lowest BCUT2D eigenvalue weighted by molar-refractivity contribution is -0.160. The molecule has 0 saturated carbocycles. The molecule has 0 aromatic carbocycles. The Bertz CT molecular complexity index is 237. The molecular formula is C12H20O4. The number of hydrogen-bond donors (Lipinski definition) is 0. The molecule has 0 amide bonds. The van der Waals surface area contributed by atoms with Gasteiger partial charge in [-0.2, -0.15) is 0 Å². The SMILES string of the molecule is CCCCCCCC(=O)OC1CCOC1=O. The minimum Gasteiger partial charge on any atom is -0.463 e. The van der Waals surface area contributed by atoms with Crippen LogP contribution in [0.3, 0.4) is 0 Å². The third-order valence-electron chi connectivity index (χ3n) is 2.65. The van der Waals surface area contributed by atoms with E-state index in [1.807, 2.05) is 0 Å². The van der Waals surface area contributed by atoms with E-state index in [0.717, 1.165) is 19.3 Å². The number of ether oxygens (including phenoxy) is 2. The highest BCUT2D eigenvalue weighted by Gasteiger charge is 2.29. The molecule has 0 N–H and O–H groups in total. The van der Waals surface area contributed by atoms with Crippen molar-refractivity contribution in [3.8, 4) is 0 Å². The first-order chi connectivity index (χ1) is 7.74. The second kappa shape index (κ2) is 7.25. The predicted molar refractivity (Wildman–Crippen MR) is 58.8 cm³/mol. The molecular weight excluding hydrogens is 208 g/mol. The van der Waals surface area contributed by atoms with E-state index in [1.54, 1.807) is 0 Å². The molecule has 4 heteroatoms. The molecule has 0 aromatic heterocycles. The highest BCUT2D eigenvalue weighted by molar-refractivity contribution is 5.80. The maximum Gasteiger partial charge on any atom is 0.347 e. The van der Waals surface area contributed by atoms with Crippen molar-refractivity contribution in [2.75, 3.05) is 6.61 Å². The predicted octanol–water partition coefficient (Wildman–Crippen LogP) is 2.21. The second-order valence-corrected chi connectivity index (χ2v) is 4.10. The Kier molecular flexibility index (Phi) is 5.90. The van der Waals surface area contributed by atoms with Gasteiger partial charge in [-0.1, -0.05) is 32.6 Å². The van der Waals surface area contributed by atoms with Gasteiger partial charge in [-0.15, -0.1) is 0 Å². The van der Waals surface area contributed by atoms with Crippen molar-refractivity contribution in [1.29, 1.82) is 0 Å². The number of unbranched alkanes of at least 4 members (excludes halogenated alkanes) is 4. The zero-order chi connectivity index (χ0) is 11.8. The van der Waals surface area contributed by atoms with E-state index in [0.29, 0.717) is 19.4 Å². The summed E-state index contributed by atoms with van der Waals surface area (Å²) in [5.74, 6) is -0.681. The first kappa shape index (κ1) is 13.0. The minimum absolute atomic E-state index is 0.277. The van der Waals surface area contributed by atoms with Gasteiger partial charge in [0.05, 0.1) is 6.61 Å². The van der Waals surface area contributed by atoms with Crippen LogP contribution in [0.1, 0.15) is 51.9 Å². The number of esters is 2. The second-order valence-electron chi connectivity index (χ2n) is 4.10. The fourth-order valence-corrected chi connectivity index (χ4v) is 1.67. The van der Waals surface area contributed by atoms with Crippen LogP contribution in [0.15, 0.2) is 0 Å². The van der Waals surface area contributed by atoms with Crippen molar-refractivity contribution >= 4 is 11.9 Å². The van der Waals surface area contributed by atoms with Crippen LogP contribution in [0.4, 0.5) is 0 Å². The van der Waals surface area contributed by atoms with Gasteiger partial charge in [0, 0.05) is 12.8 Å². The standard InChI is InChI=1S/C12H20O4/c1-2-3-4-5-6-7-11(13)16-10-8-9-15-12(10)14/h10H,2-9H2,1H3. The number of carbonyl (C=O) groups excluding carboxylic acids is 2. The van der Waals surface area contributed by atoms with E-state index in [4.69, 9.17) is 9.47 Å². The highest BCUT2D eigenvalue weighted by atomic mass is 16.6. The van der Waals surface area contributed by atoms with Crippen LogP contribution >= 0.6 is 0 Å². The molecule has 1 saturated heterocycles. The first-order valence-corrected chi connectivity index (χ1v) is 6.10. The van der Waals surface area contributed by atoms with E-state index in [1.165, 1.54) is 12.8 Å². The monoisotopic (exact) mass is 228 g/mol. The van der Waals surface area contributed by atoms with E-state index in [9.17, 15) is 9.59 Å². The molecule has 92 valence electrons. The Morgan fingerprint density at radius 1 is 1.38 bits per heavy atom. The molecule has 0 spiro atoms. The number of rotatable bonds is 7. The summed E-state index contributed by atoms with van der Waals surface area (Å²) in [6, 6.07) is 0. The lowest BCUT2D eigenvalue weighted by Crippen LogP contribution is -2.22. The van der Waals surface area contributed by atoms with Crippen molar-refractivity contribution in [2.45, 2.75) is 58.0 Å². The van der Waals surface area contributed by atoms with Gasteiger partial charge in [0.15, 0.2) is 0 Å². The quantitative estimate of drug-likeness (QED) is 0.495. The van der Waals surface area contributed by atoms with Gasteiger partial charge in [-0.3, -0.25) is 4.79 Å². The Morgan fingerprint density at radius 2 is 2.12 bits per heavy atom. The van der Waals surface area contributed by atoms with Gasteiger partial charge < -0.3 is 9.47 Å². The lowest BCUT2D eigenvalue weighted by Gasteiger charge is -2.07. The zero-order valence-corrected chi connectivity index (χ0v) is 9.87. The molecule has 1 atom stereocenters. The first-order valence-electron chi connectivity index (χ1n) is 6.10. The summed E-state index contributed by atoms with van der Waals surface area (Å²) >= 11 is 0. The largest absolute Gasteiger partial charge is 0.463 e. The van der Waals surface area contributed by atoms with Crippen molar-refractivity contribution < 1.29 is 19.1 Å². The topological polar surface area (TPSA) is 52.6 Å². The van der Waals surface area contributed by atoms with E-state index < -0.39 is 12.1 Å². The van der Waals surface area contributed by atoms with Crippen LogP contribution in [0, 0.1) is 0 Å². The summed E-state index contributed by atoms with van der Waals surface area (Å²) < 4.78 is 9.72. The van der Waals surface area contributed by atoms with Crippen LogP contribution in [-0.4, -0.2) is 24.6 Å². The highest BCUT2D eigenvalue weighted by Crippen LogP contribution is 2.12. The number of carbonyl (C=O) groups is 2. The molecule has 1 fully saturated rings. The van der Waals surface area contributed by atoms with E-state index in [-0.39, 0.29) is 5.97 Å². The van der Waals surface area contributed by atoms with Crippen molar-refractivity contribution in [3.05, 3.63) is 0 Å². The third kappa shape index (κ3) is 4.64. The summed E-state index contributed by atoms with van der Waals surface area (Å²) in [5, 5.41) is 0. The summed E-state index contributed by atoms with van der Waals surface area (Å²) in [7, 11) is 0. The summed E-state index contributed by atoms with van der Waals surface area (Å²) in [6.07, 6.45) is 5.73. The number of cyclic esters (lactones) is 1. The maximum absolute atomic E-state index is 11.3. The van der Waals surface area contributed by atoms with Crippen molar-refractivity contribution in [1.82, 2.24) is 0 Å². The normalized spacial score (nSPS) is 19.6. The van der Waals surface area contributed by atoms with Crippen molar-refractivity contribution in [3.63, 3.8) is 0 Å². The van der Waals surface area contributed by atoms with Crippen LogP contribution in [0.2, 0.25) is 0 Å². The Balaban J connectivity index is 2.04. The summed E-state index contributed by atoms with van der Waals surface area (Å²) in [4.78, 5) is 22.4. The molecule has 0 radical (unpaired) electrons. The van der Waals surface area contributed by atoms with Crippen LogP contribution in [0.25, 0.3) is 0 Å². The van der Waals surface area contributed by atoms with Gasteiger partial charge in [-0.05, 0) is 6.42 Å². The van der Waals surface area contributed by atoms with Crippen molar-refractivity contribution in [2.24, 2.45) is 0 Å². The van der Waals surface area contributed by atoms with Gasteiger partial charge in [0.2, 0.25) is 6.10 Å². The molecule has 16 heavy (non-hydrogen) atoms. The third-order valence-corrected chi connectivity index (χ3v) is 2.65. The van der Waals surface area contributed by atoms with E-state index >= 15 is 0 Å². The fourth-order valence-electron chi connectivity index (χ4n) is 1.67. The van der Waals surface area contributed by atoms with Gasteiger partial charge >= 0.3 is 11.9 Å². The van der Waals surface area contributed by atoms with Gasteiger partial charge in [0.1, 0.15) is 0 Å². The number of hydrogen-bond acceptors (Lipinski definition) is 4. The molecule has 0 aliphatic carbocycles. The van der Waals surface area contributed by atoms with Gasteiger partial charge in [-0.25, -0.2) is 4.79 Å². The summed E-state index contributed by atoms with van der Waals surface area (Å²) in [6.45, 7) is 2.52. The smallest absolute Gasteiger partial charge is 0.347 e. The molecule has 4 nitrogen and oxygen atoms in total. The summed E-state index contributed by atoms with van der Waals surface area (Å²) in [5.41, 5.74) is 0. The van der Waals surface area contributed by atoms with Crippen LogP contribution in [-0.2, 0) is 19.1 Å². The average molecular weight is 228 g/mol. The molecule has 1 rings (SSSR count). The lowest BCUT2D eigenvalue weighted by atomic mass is 10.1.